The Balaban J connectivity index is 2.21. The van der Waals surface area contributed by atoms with Crippen LogP contribution in [0.2, 0.25) is 5.02 Å². The average molecular weight is 279 g/mol. The van der Waals surface area contributed by atoms with Crippen LogP contribution >= 0.6 is 11.6 Å². The van der Waals surface area contributed by atoms with Gasteiger partial charge < -0.3 is 10.6 Å². The van der Waals surface area contributed by atoms with E-state index in [0.717, 1.165) is 23.5 Å². The quantitative estimate of drug-likeness (QED) is 0.826. The normalized spacial score (nSPS) is 10.3. The largest absolute Gasteiger partial charge is 0.385 e. The smallest absolute Gasteiger partial charge is 0.124 e. The monoisotopic (exact) mass is 278 g/mol. The number of hydrogen-bond donors (Lipinski definition) is 2. The van der Waals surface area contributed by atoms with Crippen molar-refractivity contribution >= 4 is 28.7 Å². The van der Waals surface area contributed by atoms with Gasteiger partial charge in [-0.15, -0.1) is 0 Å². The molecular formula is C15H16ClFN2. The molecule has 2 aromatic carbocycles. The van der Waals surface area contributed by atoms with Crippen molar-refractivity contribution in [2.45, 2.75) is 13.8 Å². The molecule has 19 heavy (non-hydrogen) atoms. The van der Waals surface area contributed by atoms with Gasteiger partial charge in [-0.05, 0) is 55.8 Å². The summed E-state index contributed by atoms with van der Waals surface area (Å²) in [5.41, 5.74) is 3.87. The Morgan fingerprint density at radius 2 is 1.84 bits per heavy atom. The summed E-state index contributed by atoms with van der Waals surface area (Å²) in [5.74, 6) is -0.339. The molecule has 0 aliphatic carbocycles. The van der Waals surface area contributed by atoms with Gasteiger partial charge in [-0.25, -0.2) is 4.39 Å². The van der Waals surface area contributed by atoms with Gasteiger partial charge in [0.1, 0.15) is 5.82 Å². The third kappa shape index (κ3) is 3.38. The maximum Gasteiger partial charge on any atom is 0.124 e. The Morgan fingerprint density at radius 1 is 1.11 bits per heavy atom. The fraction of sp³-hybridized carbons (Fsp3) is 0.200. The second kappa shape index (κ2) is 5.93. The van der Waals surface area contributed by atoms with Gasteiger partial charge in [-0.2, -0.15) is 0 Å². The first kappa shape index (κ1) is 13.7. The number of rotatable bonds is 4. The Kier molecular flexibility index (Phi) is 4.27. The molecule has 0 saturated carbocycles. The first-order chi connectivity index (χ1) is 9.10. The van der Waals surface area contributed by atoms with Crippen molar-refractivity contribution in [3.05, 3.63) is 52.8 Å². The molecule has 0 aliphatic rings. The molecule has 100 valence electrons. The van der Waals surface area contributed by atoms with Crippen LogP contribution in [0.15, 0.2) is 36.4 Å². The molecule has 2 rings (SSSR count). The molecule has 0 aliphatic heterocycles. The second-order valence-electron chi connectivity index (χ2n) is 4.31. The van der Waals surface area contributed by atoms with Gasteiger partial charge in [0, 0.05) is 17.9 Å². The maximum absolute atomic E-state index is 13.0. The van der Waals surface area contributed by atoms with Crippen LogP contribution in [0.5, 0.6) is 0 Å². The molecule has 2 aromatic rings. The van der Waals surface area contributed by atoms with Crippen molar-refractivity contribution < 1.29 is 4.39 Å². The third-order valence-corrected chi connectivity index (χ3v) is 3.12. The highest BCUT2D eigenvalue weighted by molar-refractivity contribution is 6.33. The molecule has 0 radical (unpaired) electrons. The maximum atomic E-state index is 13.0. The summed E-state index contributed by atoms with van der Waals surface area (Å²) in [7, 11) is 0. The molecule has 2 N–H and O–H groups in total. The van der Waals surface area contributed by atoms with Gasteiger partial charge in [0.15, 0.2) is 0 Å². The van der Waals surface area contributed by atoms with E-state index in [2.05, 4.69) is 17.6 Å². The minimum Gasteiger partial charge on any atom is -0.385 e. The van der Waals surface area contributed by atoms with E-state index >= 15 is 0 Å². The second-order valence-corrected chi connectivity index (χ2v) is 4.72. The lowest BCUT2D eigenvalue weighted by Crippen LogP contribution is -1.99. The Hall–Kier alpha value is -1.74. The molecule has 0 bridgehead atoms. The van der Waals surface area contributed by atoms with E-state index in [1.54, 1.807) is 6.07 Å². The minimum atomic E-state index is -0.339. The van der Waals surface area contributed by atoms with Gasteiger partial charge in [0.05, 0.1) is 10.7 Å². The summed E-state index contributed by atoms with van der Waals surface area (Å²) in [5, 5.41) is 6.83. The van der Waals surface area contributed by atoms with Crippen LogP contribution in [0, 0.1) is 12.7 Å². The molecule has 0 unspecified atom stereocenters. The van der Waals surface area contributed by atoms with E-state index in [-0.39, 0.29) is 5.82 Å². The van der Waals surface area contributed by atoms with Crippen LogP contribution in [-0.4, -0.2) is 6.54 Å². The lowest BCUT2D eigenvalue weighted by atomic mass is 10.1. The summed E-state index contributed by atoms with van der Waals surface area (Å²) < 4.78 is 13.0. The van der Waals surface area contributed by atoms with Crippen molar-refractivity contribution in [3.63, 3.8) is 0 Å². The predicted octanol–water partition coefficient (Wildman–Crippen LogP) is 4.96. The van der Waals surface area contributed by atoms with Crippen LogP contribution < -0.4 is 10.6 Å². The van der Waals surface area contributed by atoms with Gasteiger partial charge in [-0.3, -0.25) is 0 Å². The Morgan fingerprint density at radius 3 is 2.47 bits per heavy atom. The number of benzene rings is 2. The minimum absolute atomic E-state index is 0.339. The van der Waals surface area contributed by atoms with Crippen LogP contribution in [0.3, 0.4) is 0 Å². The van der Waals surface area contributed by atoms with Crippen molar-refractivity contribution in [1.82, 2.24) is 0 Å². The molecular weight excluding hydrogens is 263 g/mol. The molecule has 2 nitrogen and oxygen atoms in total. The predicted molar refractivity (Wildman–Crippen MR) is 80.0 cm³/mol. The van der Waals surface area contributed by atoms with Crippen LogP contribution in [0.25, 0.3) is 0 Å². The van der Waals surface area contributed by atoms with Gasteiger partial charge in [0.2, 0.25) is 0 Å². The van der Waals surface area contributed by atoms with Gasteiger partial charge >= 0.3 is 0 Å². The number of nitrogens with one attached hydrogen (secondary N) is 2. The fourth-order valence-corrected chi connectivity index (χ4v) is 2.09. The zero-order chi connectivity index (χ0) is 13.8. The van der Waals surface area contributed by atoms with Crippen molar-refractivity contribution in [3.8, 4) is 0 Å². The van der Waals surface area contributed by atoms with Crippen molar-refractivity contribution in [1.29, 1.82) is 0 Å². The molecule has 0 amide bonds. The highest BCUT2D eigenvalue weighted by atomic mass is 35.5. The summed E-state index contributed by atoms with van der Waals surface area (Å²) in [4.78, 5) is 0. The topological polar surface area (TPSA) is 24.1 Å². The summed E-state index contributed by atoms with van der Waals surface area (Å²) in [6.07, 6.45) is 0. The lowest BCUT2D eigenvalue weighted by molar-refractivity contribution is 0.628. The zero-order valence-corrected chi connectivity index (χ0v) is 11.7. The summed E-state index contributed by atoms with van der Waals surface area (Å²) in [6, 6.07) is 10.3. The van der Waals surface area contributed by atoms with Crippen molar-refractivity contribution in [2.75, 3.05) is 17.2 Å². The molecule has 0 heterocycles. The van der Waals surface area contributed by atoms with Gasteiger partial charge in [-0.1, -0.05) is 11.6 Å². The van der Waals surface area contributed by atoms with E-state index in [9.17, 15) is 4.39 Å². The van der Waals surface area contributed by atoms with E-state index in [4.69, 9.17) is 11.6 Å². The number of hydrogen-bond acceptors (Lipinski definition) is 2. The van der Waals surface area contributed by atoms with Gasteiger partial charge in [0.25, 0.3) is 0 Å². The average Bonchev–Trinajstić information content (AvgIpc) is 2.36. The highest BCUT2D eigenvalue weighted by Gasteiger charge is 2.04. The molecule has 0 spiro atoms. The van der Waals surface area contributed by atoms with E-state index < -0.39 is 0 Å². The first-order valence-electron chi connectivity index (χ1n) is 6.16. The number of aryl methyl sites for hydroxylation is 1. The van der Waals surface area contributed by atoms with E-state index in [1.807, 2.05) is 25.1 Å². The van der Waals surface area contributed by atoms with Crippen LogP contribution in [0.4, 0.5) is 21.5 Å². The molecule has 0 atom stereocenters. The summed E-state index contributed by atoms with van der Waals surface area (Å²) >= 11 is 5.99. The standard InChI is InChI=1S/C15H16ClFN2/c1-3-18-14-7-5-12(8-10(14)2)19-15-6-4-11(17)9-13(15)16/h4-9,18-19H,3H2,1-2H3. The molecule has 4 heteroatoms. The van der Waals surface area contributed by atoms with E-state index in [1.165, 1.54) is 12.1 Å². The molecule has 0 aromatic heterocycles. The highest BCUT2D eigenvalue weighted by Crippen LogP contribution is 2.28. The van der Waals surface area contributed by atoms with Crippen LogP contribution in [0.1, 0.15) is 12.5 Å². The third-order valence-electron chi connectivity index (χ3n) is 2.80. The Labute approximate surface area is 117 Å². The fourth-order valence-electron chi connectivity index (χ4n) is 1.88. The first-order valence-corrected chi connectivity index (χ1v) is 6.54. The van der Waals surface area contributed by atoms with Crippen LogP contribution in [-0.2, 0) is 0 Å². The number of anilines is 3. The van der Waals surface area contributed by atoms with Crippen molar-refractivity contribution in [2.24, 2.45) is 0 Å². The Bertz CT molecular complexity index is 584. The molecule has 0 saturated heterocycles. The van der Waals surface area contributed by atoms with E-state index in [0.29, 0.717) is 10.7 Å². The lowest BCUT2D eigenvalue weighted by Gasteiger charge is -2.12. The SMILES string of the molecule is CCNc1ccc(Nc2ccc(F)cc2Cl)cc1C. The summed E-state index contributed by atoms with van der Waals surface area (Å²) in [6.45, 7) is 4.98. The molecule has 0 fully saturated rings. The zero-order valence-electron chi connectivity index (χ0n) is 10.9. The number of halogens is 2.